The number of carbonyl (C=O) groups is 1. The minimum absolute atomic E-state index is 0.0265. The molecule has 3 nitrogen and oxygen atoms in total. The Balaban J connectivity index is 2.41. The summed E-state index contributed by atoms with van der Waals surface area (Å²) >= 11 is 0. The zero-order valence-corrected chi connectivity index (χ0v) is 11.4. The van der Waals surface area contributed by atoms with Gasteiger partial charge in [-0.1, -0.05) is 12.1 Å². The van der Waals surface area contributed by atoms with Gasteiger partial charge in [0.1, 0.15) is 5.75 Å². The van der Waals surface area contributed by atoms with Gasteiger partial charge in [-0.05, 0) is 49.2 Å². The number of hydrogen-bond donors (Lipinski definition) is 1. The van der Waals surface area contributed by atoms with Crippen molar-refractivity contribution >= 4 is 11.5 Å². The van der Waals surface area contributed by atoms with Crippen molar-refractivity contribution in [3.63, 3.8) is 0 Å². The van der Waals surface area contributed by atoms with Gasteiger partial charge in [0.05, 0.1) is 12.8 Å². The van der Waals surface area contributed by atoms with Crippen molar-refractivity contribution in [1.82, 2.24) is 0 Å². The van der Waals surface area contributed by atoms with E-state index in [9.17, 15) is 4.79 Å². The van der Waals surface area contributed by atoms with Crippen molar-refractivity contribution in [2.24, 2.45) is 0 Å². The molecule has 2 rings (SSSR count). The lowest BCUT2D eigenvalue weighted by molar-refractivity contribution is 0.103. The summed E-state index contributed by atoms with van der Waals surface area (Å²) in [5.74, 6) is 0.496. The van der Waals surface area contributed by atoms with Gasteiger partial charge in [-0.25, -0.2) is 0 Å². The first-order valence-corrected chi connectivity index (χ1v) is 6.08. The molecule has 2 N–H and O–H groups in total. The lowest BCUT2D eigenvalue weighted by Gasteiger charge is -2.08. The van der Waals surface area contributed by atoms with Crippen LogP contribution in [0.3, 0.4) is 0 Å². The number of benzene rings is 2. The van der Waals surface area contributed by atoms with Crippen LogP contribution in [0.4, 0.5) is 5.69 Å². The monoisotopic (exact) mass is 255 g/mol. The van der Waals surface area contributed by atoms with Gasteiger partial charge in [0.25, 0.3) is 0 Å². The molecule has 0 aliphatic rings. The second-order valence-electron chi connectivity index (χ2n) is 4.58. The van der Waals surface area contributed by atoms with Gasteiger partial charge in [-0.3, -0.25) is 4.79 Å². The van der Waals surface area contributed by atoms with Crippen LogP contribution in [-0.2, 0) is 0 Å². The summed E-state index contributed by atoms with van der Waals surface area (Å²) in [7, 11) is 1.54. The number of carbonyl (C=O) groups excluding carboxylic acids is 1. The Bertz CT molecular complexity index is 633. The highest BCUT2D eigenvalue weighted by Gasteiger charge is 2.12. The van der Waals surface area contributed by atoms with E-state index in [-0.39, 0.29) is 5.78 Å². The van der Waals surface area contributed by atoms with Gasteiger partial charge < -0.3 is 10.5 Å². The molecule has 0 aliphatic heterocycles. The van der Waals surface area contributed by atoms with Crippen molar-refractivity contribution in [3.8, 4) is 5.75 Å². The lowest BCUT2D eigenvalue weighted by atomic mass is 9.99. The molecule has 0 saturated heterocycles. The first-order chi connectivity index (χ1) is 9.02. The van der Waals surface area contributed by atoms with Crippen LogP contribution >= 0.6 is 0 Å². The van der Waals surface area contributed by atoms with Crippen LogP contribution < -0.4 is 10.5 Å². The average Bonchev–Trinajstić information content (AvgIpc) is 2.41. The standard InChI is InChI=1S/C16H17NO2/c1-10-4-5-12(8-11(10)2)16(18)13-6-7-14(17)15(9-13)19-3/h4-9H,17H2,1-3H3. The van der Waals surface area contributed by atoms with E-state index in [1.807, 2.05) is 32.0 Å². The maximum Gasteiger partial charge on any atom is 0.193 e. The van der Waals surface area contributed by atoms with Gasteiger partial charge in [0, 0.05) is 11.1 Å². The highest BCUT2D eigenvalue weighted by molar-refractivity contribution is 6.09. The van der Waals surface area contributed by atoms with Crippen molar-refractivity contribution < 1.29 is 9.53 Å². The van der Waals surface area contributed by atoms with Crippen LogP contribution in [0, 0.1) is 13.8 Å². The van der Waals surface area contributed by atoms with Gasteiger partial charge in [0.2, 0.25) is 0 Å². The molecule has 0 bridgehead atoms. The second-order valence-corrected chi connectivity index (χ2v) is 4.58. The SMILES string of the molecule is COc1cc(C(=O)c2ccc(C)c(C)c2)ccc1N. The molecule has 0 heterocycles. The Morgan fingerprint density at radius 3 is 2.26 bits per heavy atom. The van der Waals surface area contributed by atoms with Crippen LogP contribution in [0.1, 0.15) is 27.0 Å². The number of aryl methyl sites for hydroxylation is 2. The summed E-state index contributed by atoms with van der Waals surface area (Å²) in [5.41, 5.74) is 9.80. The Morgan fingerprint density at radius 2 is 1.63 bits per heavy atom. The summed E-state index contributed by atoms with van der Waals surface area (Å²) < 4.78 is 5.14. The van der Waals surface area contributed by atoms with E-state index in [0.717, 1.165) is 5.56 Å². The largest absolute Gasteiger partial charge is 0.495 e. The van der Waals surface area contributed by atoms with Gasteiger partial charge in [0.15, 0.2) is 5.78 Å². The zero-order valence-electron chi connectivity index (χ0n) is 11.4. The lowest BCUT2D eigenvalue weighted by Crippen LogP contribution is -2.03. The molecule has 0 spiro atoms. The Kier molecular flexibility index (Phi) is 3.56. The molecule has 0 aromatic heterocycles. The molecule has 0 amide bonds. The van der Waals surface area contributed by atoms with E-state index < -0.39 is 0 Å². The molecule has 0 aliphatic carbocycles. The zero-order chi connectivity index (χ0) is 14.0. The van der Waals surface area contributed by atoms with Crippen molar-refractivity contribution in [2.45, 2.75) is 13.8 Å². The van der Waals surface area contributed by atoms with Crippen molar-refractivity contribution in [1.29, 1.82) is 0 Å². The maximum absolute atomic E-state index is 12.4. The van der Waals surface area contributed by atoms with Crippen LogP contribution in [-0.4, -0.2) is 12.9 Å². The molecule has 3 heteroatoms. The number of ketones is 1. The topological polar surface area (TPSA) is 52.3 Å². The molecule has 98 valence electrons. The fraction of sp³-hybridized carbons (Fsp3) is 0.188. The molecule has 19 heavy (non-hydrogen) atoms. The van der Waals surface area contributed by atoms with E-state index in [0.29, 0.717) is 22.6 Å². The third-order valence-corrected chi connectivity index (χ3v) is 3.26. The van der Waals surface area contributed by atoms with E-state index in [2.05, 4.69) is 0 Å². The van der Waals surface area contributed by atoms with Gasteiger partial charge in [-0.15, -0.1) is 0 Å². The van der Waals surface area contributed by atoms with Crippen LogP contribution in [0.5, 0.6) is 5.75 Å². The van der Waals surface area contributed by atoms with Gasteiger partial charge >= 0.3 is 0 Å². The highest BCUT2D eigenvalue weighted by atomic mass is 16.5. The van der Waals surface area contributed by atoms with E-state index in [1.54, 1.807) is 18.2 Å². The fourth-order valence-electron chi connectivity index (χ4n) is 1.90. The molecular formula is C16H17NO2. The molecule has 2 aromatic rings. The number of hydrogen-bond acceptors (Lipinski definition) is 3. The fourth-order valence-corrected chi connectivity index (χ4v) is 1.90. The first kappa shape index (κ1) is 13.1. The quantitative estimate of drug-likeness (QED) is 0.677. The highest BCUT2D eigenvalue weighted by Crippen LogP contribution is 2.24. The van der Waals surface area contributed by atoms with Crippen molar-refractivity contribution in [2.75, 3.05) is 12.8 Å². The summed E-state index contributed by atoms with van der Waals surface area (Å²) in [5, 5.41) is 0. The predicted molar refractivity (Wildman–Crippen MR) is 76.8 cm³/mol. The number of nitrogens with two attached hydrogens (primary N) is 1. The molecule has 0 unspecified atom stereocenters. The number of nitrogen functional groups attached to an aromatic ring is 1. The molecule has 0 radical (unpaired) electrons. The average molecular weight is 255 g/mol. The van der Waals surface area contributed by atoms with Crippen LogP contribution in [0.25, 0.3) is 0 Å². The van der Waals surface area contributed by atoms with E-state index in [1.165, 1.54) is 12.7 Å². The Labute approximate surface area is 113 Å². The minimum Gasteiger partial charge on any atom is -0.495 e. The molecular weight excluding hydrogens is 238 g/mol. The number of ether oxygens (including phenoxy) is 1. The third-order valence-electron chi connectivity index (χ3n) is 3.26. The predicted octanol–water partition coefficient (Wildman–Crippen LogP) is 3.13. The summed E-state index contributed by atoms with van der Waals surface area (Å²) in [6, 6.07) is 10.8. The normalized spacial score (nSPS) is 10.3. The smallest absolute Gasteiger partial charge is 0.193 e. The molecule has 0 fully saturated rings. The van der Waals surface area contributed by atoms with Crippen molar-refractivity contribution in [3.05, 3.63) is 58.7 Å². The number of methoxy groups -OCH3 is 1. The van der Waals surface area contributed by atoms with Crippen LogP contribution in [0.15, 0.2) is 36.4 Å². The third kappa shape index (κ3) is 2.60. The summed E-state index contributed by atoms with van der Waals surface area (Å²) in [6.45, 7) is 4.02. The number of rotatable bonds is 3. The Hall–Kier alpha value is -2.29. The summed E-state index contributed by atoms with van der Waals surface area (Å²) in [6.07, 6.45) is 0. The second kappa shape index (κ2) is 5.14. The van der Waals surface area contributed by atoms with Gasteiger partial charge in [-0.2, -0.15) is 0 Å². The molecule has 0 saturated carbocycles. The molecule has 2 aromatic carbocycles. The van der Waals surface area contributed by atoms with Crippen LogP contribution in [0.2, 0.25) is 0 Å². The molecule has 0 atom stereocenters. The van der Waals surface area contributed by atoms with E-state index >= 15 is 0 Å². The van der Waals surface area contributed by atoms with E-state index in [4.69, 9.17) is 10.5 Å². The minimum atomic E-state index is -0.0265. The Morgan fingerprint density at radius 1 is 1.00 bits per heavy atom. The first-order valence-electron chi connectivity index (χ1n) is 6.08. The summed E-state index contributed by atoms with van der Waals surface area (Å²) in [4.78, 5) is 12.4. The number of anilines is 1. The maximum atomic E-state index is 12.4.